The van der Waals surface area contributed by atoms with Crippen molar-refractivity contribution in [3.8, 4) is 0 Å². The smallest absolute Gasteiger partial charge is 0.244 e. The molecule has 0 spiro atoms. The van der Waals surface area contributed by atoms with Gasteiger partial charge in [0.05, 0.1) is 17.4 Å². The molecule has 1 fully saturated rings. The van der Waals surface area contributed by atoms with Gasteiger partial charge in [0.15, 0.2) is 0 Å². The van der Waals surface area contributed by atoms with Crippen molar-refractivity contribution in [2.75, 3.05) is 56.1 Å². The molecule has 28 heavy (non-hydrogen) atoms. The van der Waals surface area contributed by atoms with E-state index in [1.165, 1.54) is 0 Å². The molecule has 4 rings (SSSR count). The van der Waals surface area contributed by atoms with Crippen molar-refractivity contribution in [3.63, 3.8) is 0 Å². The molecule has 0 bridgehead atoms. The highest BCUT2D eigenvalue weighted by atomic mass is 35.5. The molecule has 2 heterocycles. The van der Waals surface area contributed by atoms with E-state index in [9.17, 15) is 4.79 Å². The van der Waals surface area contributed by atoms with Crippen molar-refractivity contribution >= 4 is 34.6 Å². The number of carbonyl (C=O) groups is 1. The highest BCUT2D eigenvalue weighted by Crippen LogP contribution is 2.38. The van der Waals surface area contributed by atoms with Gasteiger partial charge in [-0.05, 0) is 50.4 Å². The first-order valence-electron chi connectivity index (χ1n) is 9.91. The van der Waals surface area contributed by atoms with Crippen LogP contribution in [0.3, 0.4) is 0 Å². The van der Waals surface area contributed by atoms with Crippen LogP contribution in [-0.2, 0) is 4.79 Å². The molecule has 2 aliphatic heterocycles. The number of amides is 1. The van der Waals surface area contributed by atoms with Crippen molar-refractivity contribution in [1.29, 1.82) is 0 Å². The molecule has 148 valence electrons. The lowest BCUT2D eigenvalue weighted by atomic mass is 10.1. The molecule has 2 aromatic rings. The molecule has 6 heteroatoms. The van der Waals surface area contributed by atoms with Crippen LogP contribution in [0.5, 0.6) is 0 Å². The summed E-state index contributed by atoms with van der Waals surface area (Å²) in [6.07, 6.45) is 0. The zero-order valence-corrected chi connectivity index (χ0v) is 17.3. The first kappa shape index (κ1) is 19.2. The third kappa shape index (κ3) is 3.75. The molecule has 2 aliphatic rings. The van der Waals surface area contributed by atoms with E-state index in [2.05, 4.69) is 27.8 Å². The van der Waals surface area contributed by atoms with Gasteiger partial charge in [0.1, 0.15) is 0 Å². The summed E-state index contributed by atoms with van der Waals surface area (Å²) in [7, 11) is 2.13. The number of para-hydroxylation sites is 2. The van der Waals surface area contributed by atoms with Crippen LogP contribution in [-0.4, -0.2) is 68.1 Å². The topological polar surface area (TPSA) is 30.0 Å². The number of piperazine rings is 1. The van der Waals surface area contributed by atoms with E-state index in [0.29, 0.717) is 6.54 Å². The second-order valence-corrected chi connectivity index (χ2v) is 8.06. The van der Waals surface area contributed by atoms with Gasteiger partial charge < -0.3 is 14.7 Å². The maximum atomic E-state index is 13.4. The number of rotatable bonds is 3. The molecular formula is C22H27ClN4O. The maximum Gasteiger partial charge on any atom is 0.244 e. The zero-order valence-electron chi connectivity index (χ0n) is 16.5. The van der Waals surface area contributed by atoms with Gasteiger partial charge in [-0.2, -0.15) is 0 Å². The van der Waals surface area contributed by atoms with E-state index in [1.54, 1.807) is 0 Å². The number of fused-ring (bicyclic) bond motifs is 1. The second-order valence-electron chi connectivity index (χ2n) is 7.62. The summed E-state index contributed by atoms with van der Waals surface area (Å²) < 4.78 is 0. The number of nitrogens with zero attached hydrogens (tertiary/aromatic N) is 4. The Kier molecular flexibility index (Phi) is 5.58. The molecule has 0 radical (unpaired) electrons. The molecule has 0 aromatic heterocycles. The molecule has 1 amide bonds. The third-order valence-corrected chi connectivity index (χ3v) is 6.11. The predicted molar refractivity (Wildman–Crippen MR) is 116 cm³/mol. The average molecular weight is 399 g/mol. The fraction of sp³-hybridized carbons (Fsp3) is 0.409. The lowest BCUT2D eigenvalue weighted by Crippen LogP contribution is -2.55. The number of carbonyl (C=O) groups excluding carboxylic acids is 1. The predicted octanol–water partition coefficient (Wildman–Crippen LogP) is 3.46. The normalized spacial score (nSPS) is 19.4. The average Bonchev–Trinajstić information content (AvgIpc) is 2.73. The van der Waals surface area contributed by atoms with E-state index in [-0.39, 0.29) is 11.9 Å². The Labute approximate surface area is 172 Å². The second kappa shape index (κ2) is 8.11. The molecule has 2 aromatic carbocycles. The van der Waals surface area contributed by atoms with Crippen LogP contribution in [0.15, 0.2) is 48.5 Å². The Morgan fingerprint density at radius 3 is 2.21 bits per heavy atom. The Morgan fingerprint density at radius 2 is 1.54 bits per heavy atom. The number of likely N-dealkylation sites (N-methyl/N-ethyl adjacent to an activating group) is 1. The van der Waals surface area contributed by atoms with Gasteiger partial charge in [-0.3, -0.25) is 9.69 Å². The third-order valence-electron chi connectivity index (χ3n) is 5.86. The summed E-state index contributed by atoms with van der Waals surface area (Å²) in [5, 5.41) is 0.729. The molecule has 0 aliphatic carbocycles. The highest BCUT2D eigenvalue weighted by molar-refractivity contribution is 6.30. The standard InChI is InChI=1S/C22H27ClN4O/c1-17(25-13-11-24(2)12-14-25)22(28)27-16-15-26(19-9-7-18(23)8-10-19)20-5-3-4-6-21(20)27/h3-10,17H,11-16H2,1-2H3. The minimum Gasteiger partial charge on any atom is -0.338 e. The number of hydrogen-bond acceptors (Lipinski definition) is 4. The fourth-order valence-corrected chi connectivity index (χ4v) is 4.20. The van der Waals surface area contributed by atoms with Gasteiger partial charge >= 0.3 is 0 Å². The van der Waals surface area contributed by atoms with Crippen LogP contribution >= 0.6 is 11.6 Å². The van der Waals surface area contributed by atoms with Crippen LogP contribution < -0.4 is 9.80 Å². The van der Waals surface area contributed by atoms with Gasteiger partial charge in [-0.1, -0.05) is 23.7 Å². The summed E-state index contributed by atoms with van der Waals surface area (Å²) in [6.45, 7) is 7.39. The van der Waals surface area contributed by atoms with Crippen molar-refractivity contribution in [2.45, 2.75) is 13.0 Å². The first-order chi connectivity index (χ1) is 13.5. The minimum atomic E-state index is -0.108. The molecule has 1 saturated heterocycles. The summed E-state index contributed by atoms with van der Waals surface area (Å²) in [4.78, 5) is 22.2. The quantitative estimate of drug-likeness (QED) is 0.792. The molecule has 0 saturated carbocycles. The number of hydrogen-bond donors (Lipinski definition) is 0. The number of anilines is 3. The summed E-state index contributed by atoms with van der Waals surface area (Å²) >= 11 is 6.05. The molecule has 1 unspecified atom stereocenters. The summed E-state index contributed by atoms with van der Waals surface area (Å²) in [6, 6.07) is 15.9. The Morgan fingerprint density at radius 1 is 0.893 bits per heavy atom. The lowest BCUT2D eigenvalue weighted by Gasteiger charge is -2.41. The van der Waals surface area contributed by atoms with Crippen LogP contribution in [0.2, 0.25) is 5.02 Å². The van der Waals surface area contributed by atoms with Gasteiger partial charge in [0.25, 0.3) is 0 Å². The van der Waals surface area contributed by atoms with Crippen LogP contribution in [0.25, 0.3) is 0 Å². The highest BCUT2D eigenvalue weighted by Gasteiger charge is 2.33. The fourth-order valence-electron chi connectivity index (χ4n) is 4.07. The number of benzene rings is 2. The summed E-state index contributed by atoms with van der Waals surface area (Å²) in [5.41, 5.74) is 3.14. The maximum absolute atomic E-state index is 13.4. The Hall–Kier alpha value is -2.08. The van der Waals surface area contributed by atoms with Crippen molar-refractivity contribution in [2.24, 2.45) is 0 Å². The zero-order chi connectivity index (χ0) is 19.7. The van der Waals surface area contributed by atoms with E-state index in [0.717, 1.165) is 54.8 Å². The van der Waals surface area contributed by atoms with E-state index in [1.807, 2.05) is 54.3 Å². The van der Waals surface area contributed by atoms with Gasteiger partial charge in [-0.25, -0.2) is 0 Å². The molecule has 0 N–H and O–H groups in total. The first-order valence-corrected chi connectivity index (χ1v) is 10.3. The van der Waals surface area contributed by atoms with E-state index >= 15 is 0 Å². The minimum absolute atomic E-state index is 0.108. The lowest BCUT2D eigenvalue weighted by molar-refractivity contribution is -0.123. The van der Waals surface area contributed by atoms with Crippen LogP contribution in [0.1, 0.15) is 6.92 Å². The monoisotopic (exact) mass is 398 g/mol. The van der Waals surface area contributed by atoms with Crippen molar-refractivity contribution < 1.29 is 4.79 Å². The van der Waals surface area contributed by atoms with Gasteiger partial charge in [0, 0.05) is 50.0 Å². The Bertz CT molecular complexity index is 833. The Balaban J connectivity index is 1.58. The van der Waals surface area contributed by atoms with Crippen LogP contribution in [0, 0.1) is 0 Å². The van der Waals surface area contributed by atoms with Crippen molar-refractivity contribution in [3.05, 3.63) is 53.6 Å². The molecule has 1 atom stereocenters. The van der Waals surface area contributed by atoms with Crippen LogP contribution in [0.4, 0.5) is 17.1 Å². The van der Waals surface area contributed by atoms with E-state index < -0.39 is 0 Å². The van der Waals surface area contributed by atoms with Gasteiger partial charge in [-0.15, -0.1) is 0 Å². The molecule has 5 nitrogen and oxygen atoms in total. The SMILES string of the molecule is CC(C(=O)N1CCN(c2ccc(Cl)cc2)c2ccccc21)N1CCN(C)CC1. The number of halogens is 1. The van der Waals surface area contributed by atoms with Gasteiger partial charge in [0.2, 0.25) is 5.91 Å². The summed E-state index contributed by atoms with van der Waals surface area (Å²) in [5.74, 6) is 0.188. The molecular weight excluding hydrogens is 372 g/mol. The van der Waals surface area contributed by atoms with Crippen molar-refractivity contribution in [1.82, 2.24) is 9.80 Å². The largest absolute Gasteiger partial charge is 0.338 e. The van der Waals surface area contributed by atoms with E-state index in [4.69, 9.17) is 11.6 Å².